The van der Waals surface area contributed by atoms with E-state index >= 15 is 0 Å². The van der Waals surface area contributed by atoms with Crippen molar-refractivity contribution in [1.29, 1.82) is 0 Å². The molecular weight excluding hydrogens is 128 g/mol. The van der Waals surface area contributed by atoms with Gasteiger partial charge in [0.2, 0.25) is 0 Å². The molecule has 0 aromatic heterocycles. The van der Waals surface area contributed by atoms with Crippen molar-refractivity contribution >= 4 is 0 Å². The van der Waals surface area contributed by atoms with E-state index in [1.807, 2.05) is 13.8 Å². The maximum atomic E-state index is 9.36. The van der Waals surface area contributed by atoms with Crippen molar-refractivity contribution in [3.8, 4) is 0 Å². The van der Waals surface area contributed by atoms with Crippen molar-refractivity contribution in [2.24, 2.45) is 17.8 Å². The van der Waals surface area contributed by atoms with Crippen LogP contribution in [0.25, 0.3) is 0 Å². The van der Waals surface area contributed by atoms with Gasteiger partial charge in [-0.2, -0.15) is 0 Å². The van der Waals surface area contributed by atoms with Gasteiger partial charge in [-0.25, -0.2) is 0 Å². The van der Waals surface area contributed by atoms with Crippen LogP contribution in [0.1, 0.15) is 20.8 Å². The van der Waals surface area contributed by atoms with E-state index in [2.05, 4.69) is 6.92 Å². The molecule has 1 saturated carbocycles. The summed E-state index contributed by atoms with van der Waals surface area (Å²) in [6, 6.07) is 0. The minimum absolute atomic E-state index is 0.241. The lowest BCUT2D eigenvalue weighted by Gasteiger charge is -2.12. The molecule has 1 aliphatic carbocycles. The Kier molecular flexibility index (Phi) is 2.02. The average Bonchev–Trinajstić information content (AvgIpc) is 2.07. The quantitative estimate of drug-likeness (QED) is 0.523. The van der Waals surface area contributed by atoms with Gasteiger partial charge in [0.25, 0.3) is 0 Å². The molecule has 2 N–H and O–H groups in total. The summed E-state index contributed by atoms with van der Waals surface area (Å²) in [6.07, 6.45) is -1.02. The Morgan fingerprint density at radius 1 is 0.700 bits per heavy atom. The molecular formula is C8H16O2. The molecule has 4 atom stereocenters. The van der Waals surface area contributed by atoms with Crippen LogP contribution in [0.3, 0.4) is 0 Å². The molecule has 0 bridgehead atoms. The largest absolute Gasteiger partial charge is 0.390 e. The molecule has 1 rings (SSSR count). The minimum Gasteiger partial charge on any atom is -0.390 e. The third-order valence-electron chi connectivity index (χ3n) is 3.09. The van der Waals surface area contributed by atoms with Crippen LogP contribution in [-0.2, 0) is 0 Å². The van der Waals surface area contributed by atoms with E-state index in [-0.39, 0.29) is 11.8 Å². The molecule has 0 aromatic rings. The van der Waals surface area contributed by atoms with Gasteiger partial charge in [0.1, 0.15) is 0 Å². The first-order valence-corrected chi connectivity index (χ1v) is 3.92. The summed E-state index contributed by atoms with van der Waals surface area (Å²) >= 11 is 0. The van der Waals surface area contributed by atoms with Crippen LogP contribution in [-0.4, -0.2) is 22.4 Å². The summed E-state index contributed by atoms with van der Waals surface area (Å²) in [4.78, 5) is 0. The predicted octanol–water partition coefficient (Wildman–Crippen LogP) is 0.630. The molecule has 0 radical (unpaired) electrons. The molecule has 0 heterocycles. The van der Waals surface area contributed by atoms with E-state index in [0.29, 0.717) is 5.92 Å². The topological polar surface area (TPSA) is 40.5 Å². The SMILES string of the molecule is CC1C(C)C(O)C(O)C1C. The van der Waals surface area contributed by atoms with Gasteiger partial charge in [-0.3, -0.25) is 0 Å². The molecule has 0 aliphatic heterocycles. The molecule has 60 valence electrons. The molecule has 10 heavy (non-hydrogen) atoms. The van der Waals surface area contributed by atoms with Gasteiger partial charge >= 0.3 is 0 Å². The Morgan fingerprint density at radius 2 is 1.00 bits per heavy atom. The van der Waals surface area contributed by atoms with E-state index in [0.717, 1.165) is 0 Å². The van der Waals surface area contributed by atoms with Crippen LogP contribution in [0.2, 0.25) is 0 Å². The van der Waals surface area contributed by atoms with Gasteiger partial charge in [-0.05, 0) is 17.8 Å². The lowest BCUT2D eigenvalue weighted by Crippen LogP contribution is -2.26. The lowest BCUT2D eigenvalue weighted by atomic mass is 9.93. The maximum Gasteiger partial charge on any atom is 0.0829 e. The molecule has 0 spiro atoms. The maximum absolute atomic E-state index is 9.36. The van der Waals surface area contributed by atoms with E-state index < -0.39 is 12.2 Å². The highest BCUT2D eigenvalue weighted by atomic mass is 16.3. The lowest BCUT2D eigenvalue weighted by molar-refractivity contribution is 0.00981. The van der Waals surface area contributed by atoms with Crippen molar-refractivity contribution in [2.45, 2.75) is 33.0 Å². The van der Waals surface area contributed by atoms with Gasteiger partial charge in [0, 0.05) is 0 Å². The van der Waals surface area contributed by atoms with Gasteiger partial charge < -0.3 is 10.2 Å². The molecule has 0 amide bonds. The zero-order valence-corrected chi connectivity index (χ0v) is 6.78. The Balaban J connectivity index is 2.68. The Morgan fingerprint density at radius 3 is 1.10 bits per heavy atom. The molecule has 0 saturated heterocycles. The highest BCUT2D eigenvalue weighted by molar-refractivity contribution is 4.91. The van der Waals surface area contributed by atoms with E-state index in [4.69, 9.17) is 0 Å². The van der Waals surface area contributed by atoms with Crippen molar-refractivity contribution in [2.75, 3.05) is 0 Å². The summed E-state index contributed by atoms with van der Waals surface area (Å²) in [7, 11) is 0. The Bertz CT molecular complexity index is 79.6. The van der Waals surface area contributed by atoms with Crippen LogP contribution >= 0.6 is 0 Å². The van der Waals surface area contributed by atoms with Gasteiger partial charge in [-0.1, -0.05) is 20.8 Å². The van der Waals surface area contributed by atoms with E-state index in [1.54, 1.807) is 0 Å². The highest BCUT2D eigenvalue weighted by Crippen LogP contribution is 2.36. The third-order valence-corrected chi connectivity index (χ3v) is 3.09. The zero-order valence-electron chi connectivity index (χ0n) is 6.78. The zero-order chi connectivity index (χ0) is 7.89. The molecule has 2 nitrogen and oxygen atoms in total. The summed E-state index contributed by atoms with van der Waals surface area (Å²) in [6.45, 7) is 6.05. The summed E-state index contributed by atoms with van der Waals surface area (Å²) in [5, 5.41) is 18.7. The summed E-state index contributed by atoms with van der Waals surface area (Å²) in [5.41, 5.74) is 0. The van der Waals surface area contributed by atoms with Crippen molar-refractivity contribution in [3.05, 3.63) is 0 Å². The normalized spacial score (nSPS) is 55.5. The summed E-state index contributed by atoms with van der Waals surface area (Å²) < 4.78 is 0. The number of hydrogen-bond acceptors (Lipinski definition) is 2. The van der Waals surface area contributed by atoms with Crippen LogP contribution in [0, 0.1) is 17.8 Å². The average molecular weight is 144 g/mol. The molecule has 1 aliphatic rings. The first kappa shape index (κ1) is 8.02. The number of hydrogen-bond donors (Lipinski definition) is 2. The van der Waals surface area contributed by atoms with Crippen LogP contribution < -0.4 is 0 Å². The fraction of sp³-hybridized carbons (Fsp3) is 1.00. The van der Waals surface area contributed by atoms with Gasteiger partial charge in [0.15, 0.2) is 0 Å². The second-order valence-electron chi connectivity index (χ2n) is 3.56. The van der Waals surface area contributed by atoms with Crippen LogP contribution in [0.15, 0.2) is 0 Å². The van der Waals surface area contributed by atoms with Crippen LogP contribution in [0.5, 0.6) is 0 Å². The van der Waals surface area contributed by atoms with Crippen molar-refractivity contribution in [3.63, 3.8) is 0 Å². The summed E-state index contributed by atoms with van der Waals surface area (Å²) in [5.74, 6) is 0.917. The fourth-order valence-electron chi connectivity index (χ4n) is 1.72. The van der Waals surface area contributed by atoms with Gasteiger partial charge in [-0.15, -0.1) is 0 Å². The minimum atomic E-state index is -0.509. The van der Waals surface area contributed by atoms with E-state index in [9.17, 15) is 10.2 Å². The molecule has 4 unspecified atom stereocenters. The molecule has 2 heteroatoms. The van der Waals surface area contributed by atoms with Crippen molar-refractivity contribution < 1.29 is 10.2 Å². The first-order valence-electron chi connectivity index (χ1n) is 3.92. The molecule has 0 aromatic carbocycles. The number of aliphatic hydroxyl groups excluding tert-OH is 2. The fourth-order valence-corrected chi connectivity index (χ4v) is 1.72. The second kappa shape index (κ2) is 2.51. The number of aliphatic hydroxyl groups is 2. The first-order chi connectivity index (χ1) is 4.55. The van der Waals surface area contributed by atoms with Crippen molar-refractivity contribution in [1.82, 2.24) is 0 Å². The predicted molar refractivity (Wildman–Crippen MR) is 39.5 cm³/mol. The molecule has 1 fully saturated rings. The Labute approximate surface area is 61.9 Å². The van der Waals surface area contributed by atoms with E-state index in [1.165, 1.54) is 0 Å². The smallest absolute Gasteiger partial charge is 0.0829 e. The third kappa shape index (κ3) is 0.956. The standard InChI is InChI=1S/C8H16O2/c1-4-5(2)7(9)8(10)6(4)3/h4-10H,1-3H3. The monoisotopic (exact) mass is 144 g/mol. The Hall–Kier alpha value is -0.0800. The van der Waals surface area contributed by atoms with Crippen LogP contribution in [0.4, 0.5) is 0 Å². The number of rotatable bonds is 0. The highest BCUT2D eigenvalue weighted by Gasteiger charge is 2.41. The van der Waals surface area contributed by atoms with Gasteiger partial charge in [0.05, 0.1) is 12.2 Å². The second-order valence-corrected chi connectivity index (χ2v) is 3.56.